The first-order valence-corrected chi connectivity index (χ1v) is 11.3. The highest BCUT2D eigenvalue weighted by Crippen LogP contribution is 2.29. The minimum atomic E-state index is -0.408. The van der Waals surface area contributed by atoms with Crippen molar-refractivity contribution in [3.05, 3.63) is 81.8 Å². The van der Waals surface area contributed by atoms with Crippen LogP contribution in [0.1, 0.15) is 34.9 Å². The number of carbonyl (C=O) groups excluding carboxylic acids is 1. The molecule has 2 N–H and O–H groups in total. The highest BCUT2D eigenvalue weighted by atomic mass is 35.5. The summed E-state index contributed by atoms with van der Waals surface area (Å²) >= 11 is 7.73. The lowest BCUT2D eigenvalue weighted by atomic mass is 10.00. The van der Waals surface area contributed by atoms with E-state index in [2.05, 4.69) is 15.2 Å². The highest BCUT2D eigenvalue weighted by molar-refractivity contribution is 7.15. The van der Waals surface area contributed by atoms with Crippen molar-refractivity contribution in [3.8, 4) is 0 Å². The van der Waals surface area contributed by atoms with Gasteiger partial charge < -0.3 is 10.4 Å². The first-order valence-electron chi connectivity index (χ1n) is 10.1. The van der Waals surface area contributed by atoms with E-state index in [9.17, 15) is 9.90 Å². The Labute approximate surface area is 185 Å². The molecule has 0 aliphatic carbocycles. The van der Waals surface area contributed by atoms with Crippen LogP contribution in [-0.2, 0) is 11.2 Å². The van der Waals surface area contributed by atoms with Crippen LogP contribution in [0.15, 0.2) is 60.8 Å². The number of amides is 1. The summed E-state index contributed by atoms with van der Waals surface area (Å²) in [4.78, 5) is 20.8. The van der Waals surface area contributed by atoms with Gasteiger partial charge in [0.15, 0.2) is 5.13 Å². The van der Waals surface area contributed by atoms with Crippen molar-refractivity contribution in [2.75, 3.05) is 18.4 Å². The van der Waals surface area contributed by atoms with Crippen molar-refractivity contribution in [3.63, 3.8) is 0 Å². The fourth-order valence-corrected chi connectivity index (χ4v) is 4.80. The molecule has 0 bridgehead atoms. The number of benzene rings is 2. The summed E-state index contributed by atoms with van der Waals surface area (Å²) in [5.74, 6) is -0.101. The SMILES string of the molecule is O=C(Nc1ncc(Cc2ccccc2Cl)s1)C(c1ccccc1)N1CCC(O)CC1. The second-order valence-electron chi connectivity index (χ2n) is 7.47. The van der Waals surface area contributed by atoms with E-state index in [-0.39, 0.29) is 12.0 Å². The number of halogens is 1. The number of carbonyl (C=O) groups is 1. The van der Waals surface area contributed by atoms with Gasteiger partial charge in [-0.3, -0.25) is 9.69 Å². The van der Waals surface area contributed by atoms with Crippen LogP contribution in [0.3, 0.4) is 0 Å². The average Bonchev–Trinajstić information content (AvgIpc) is 3.19. The van der Waals surface area contributed by atoms with E-state index in [0.29, 0.717) is 37.5 Å². The molecule has 30 heavy (non-hydrogen) atoms. The molecule has 2 aromatic carbocycles. The zero-order chi connectivity index (χ0) is 20.9. The van der Waals surface area contributed by atoms with Gasteiger partial charge in [0.25, 0.3) is 0 Å². The van der Waals surface area contributed by atoms with Gasteiger partial charge in [0.05, 0.1) is 6.10 Å². The summed E-state index contributed by atoms with van der Waals surface area (Å²) in [6.45, 7) is 1.37. The van der Waals surface area contributed by atoms with Crippen molar-refractivity contribution in [2.45, 2.75) is 31.4 Å². The molecule has 1 atom stereocenters. The first-order chi connectivity index (χ1) is 14.6. The third-order valence-corrected chi connectivity index (χ3v) is 6.62. The van der Waals surface area contributed by atoms with Gasteiger partial charge >= 0.3 is 0 Å². The quantitative estimate of drug-likeness (QED) is 0.590. The van der Waals surface area contributed by atoms with Gasteiger partial charge in [-0.1, -0.05) is 60.1 Å². The lowest BCUT2D eigenvalue weighted by molar-refractivity contribution is -0.122. The van der Waals surface area contributed by atoms with E-state index in [1.807, 2.05) is 54.6 Å². The Balaban J connectivity index is 1.49. The first kappa shape index (κ1) is 21.0. The van der Waals surface area contributed by atoms with E-state index in [4.69, 9.17) is 11.6 Å². The molecule has 2 heterocycles. The molecule has 1 unspecified atom stereocenters. The number of anilines is 1. The molecule has 1 amide bonds. The predicted octanol–water partition coefficient (Wildman–Crippen LogP) is 4.52. The van der Waals surface area contributed by atoms with Crippen LogP contribution < -0.4 is 5.32 Å². The molecule has 0 radical (unpaired) electrons. The van der Waals surface area contributed by atoms with Crippen molar-refractivity contribution in [2.24, 2.45) is 0 Å². The smallest absolute Gasteiger partial charge is 0.248 e. The number of piperidine rings is 1. The third kappa shape index (κ3) is 5.08. The van der Waals surface area contributed by atoms with E-state index in [1.165, 1.54) is 11.3 Å². The number of hydrogen-bond donors (Lipinski definition) is 2. The largest absolute Gasteiger partial charge is 0.393 e. The topological polar surface area (TPSA) is 65.5 Å². The zero-order valence-corrected chi connectivity index (χ0v) is 18.1. The van der Waals surface area contributed by atoms with Crippen LogP contribution in [0.25, 0.3) is 0 Å². The molecule has 3 aromatic rings. The maximum Gasteiger partial charge on any atom is 0.248 e. The minimum absolute atomic E-state index is 0.101. The number of aromatic nitrogens is 1. The molecule has 0 spiro atoms. The summed E-state index contributed by atoms with van der Waals surface area (Å²) < 4.78 is 0. The van der Waals surface area contributed by atoms with Crippen LogP contribution in [-0.4, -0.2) is 40.1 Å². The molecular formula is C23H24ClN3O2S. The Morgan fingerprint density at radius 3 is 2.60 bits per heavy atom. The number of likely N-dealkylation sites (tertiary alicyclic amines) is 1. The molecule has 5 nitrogen and oxygen atoms in total. The van der Waals surface area contributed by atoms with Gasteiger partial charge in [0, 0.05) is 35.6 Å². The average molecular weight is 442 g/mol. The van der Waals surface area contributed by atoms with Gasteiger partial charge in [-0.05, 0) is 30.0 Å². The number of aliphatic hydroxyl groups excluding tert-OH is 1. The summed E-state index contributed by atoms with van der Waals surface area (Å²) in [6.07, 6.45) is 3.54. The van der Waals surface area contributed by atoms with Crippen LogP contribution in [0.5, 0.6) is 0 Å². The van der Waals surface area contributed by atoms with Crippen molar-refractivity contribution >= 4 is 34.0 Å². The molecule has 4 rings (SSSR count). The second-order valence-corrected chi connectivity index (χ2v) is 8.99. The summed E-state index contributed by atoms with van der Waals surface area (Å²) in [5, 5.41) is 14.2. The monoisotopic (exact) mass is 441 g/mol. The fourth-order valence-electron chi connectivity index (χ4n) is 3.76. The molecule has 1 aromatic heterocycles. The number of rotatable bonds is 6. The van der Waals surface area contributed by atoms with E-state index in [1.54, 1.807) is 6.20 Å². The molecule has 1 aliphatic heterocycles. The minimum Gasteiger partial charge on any atom is -0.393 e. The number of thiazole rings is 1. The van der Waals surface area contributed by atoms with Crippen molar-refractivity contribution in [1.82, 2.24) is 9.88 Å². The van der Waals surface area contributed by atoms with Gasteiger partial charge in [-0.15, -0.1) is 11.3 Å². The van der Waals surface area contributed by atoms with Crippen LogP contribution in [0, 0.1) is 0 Å². The fraction of sp³-hybridized carbons (Fsp3) is 0.304. The van der Waals surface area contributed by atoms with Crippen LogP contribution in [0.4, 0.5) is 5.13 Å². The number of hydrogen-bond acceptors (Lipinski definition) is 5. The van der Waals surface area contributed by atoms with Gasteiger partial charge in [-0.25, -0.2) is 4.98 Å². The molecule has 0 saturated carbocycles. The van der Waals surface area contributed by atoms with Crippen molar-refractivity contribution < 1.29 is 9.90 Å². The summed E-state index contributed by atoms with van der Waals surface area (Å²) in [6, 6.07) is 17.1. The summed E-state index contributed by atoms with van der Waals surface area (Å²) in [5.41, 5.74) is 1.98. The Morgan fingerprint density at radius 1 is 1.17 bits per heavy atom. The van der Waals surface area contributed by atoms with Gasteiger partial charge in [0.2, 0.25) is 5.91 Å². The maximum absolute atomic E-state index is 13.2. The lowest BCUT2D eigenvalue weighted by Gasteiger charge is -2.35. The molecule has 1 aliphatic rings. The number of nitrogens with one attached hydrogen (secondary N) is 1. The second kappa shape index (κ2) is 9.71. The van der Waals surface area contributed by atoms with E-state index >= 15 is 0 Å². The molecule has 156 valence electrons. The molecule has 1 saturated heterocycles. The van der Waals surface area contributed by atoms with Gasteiger partial charge in [-0.2, -0.15) is 0 Å². The Bertz CT molecular complexity index is 987. The standard InChI is InChI=1S/C23H24ClN3O2S/c24-20-9-5-4-8-17(20)14-19-15-25-23(30-19)26-22(29)21(16-6-2-1-3-7-16)27-12-10-18(28)11-13-27/h1-9,15,18,21,28H,10-14H2,(H,25,26,29). The van der Waals surface area contributed by atoms with E-state index < -0.39 is 6.04 Å². The Morgan fingerprint density at radius 2 is 1.87 bits per heavy atom. The van der Waals surface area contributed by atoms with Crippen molar-refractivity contribution in [1.29, 1.82) is 0 Å². The highest BCUT2D eigenvalue weighted by Gasteiger charge is 2.31. The normalized spacial score (nSPS) is 16.3. The predicted molar refractivity (Wildman–Crippen MR) is 121 cm³/mol. The number of nitrogens with zero attached hydrogens (tertiary/aromatic N) is 2. The molecule has 7 heteroatoms. The zero-order valence-electron chi connectivity index (χ0n) is 16.5. The van der Waals surface area contributed by atoms with E-state index in [0.717, 1.165) is 21.0 Å². The molecular weight excluding hydrogens is 418 g/mol. The lowest BCUT2D eigenvalue weighted by Crippen LogP contribution is -2.43. The van der Waals surface area contributed by atoms with Gasteiger partial charge in [0.1, 0.15) is 6.04 Å². The van der Waals surface area contributed by atoms with Crippen LogP contribution in [0.2, 0.25) is 5.02 Å². The Hall–Kier alpha value is -2.25. The third-order valence-electron chi connectivity index (χ3n) is 5.33. The van der Waals surface area contributed by atoms with Crippen LogP contribution >= 0.6 is 22.9 Å². The maximum atomic E-state index is 13.2. The summed E-state index contributed by atoms with van der Waals surface area (Å²) in [7, 11) is 0. The number of aliphatic hydroxyl groups is 1. The Kier molecular flexibility index (Phi) is 6.79. The molecule has 1 fully saturated rings.